The molecule has 11 nitrogen and oxygen atoms in total. The fraction of sp³-hybridized carbons (Fsp3) is 0.400. The number of halogens is 4. The summed E-state index contributed by atoms with van der Waals surface area (Å²) < 4.78 is 43.7. The van der Waals surface area contributed by atoms with Crippen LogP contribution >= 0.6 is 11.6 Å². The number of nitrogens with one attached hydrogen (secondary N) is 5. The maximum Gasteiger partial charge on any atom is 0.422 e. The van der Waals surface area contributed by atoms with Crippen LogP contribution < -0.4 is 31.3 Å². The molecule has 3 aromatic rings. The first-order chi connectivity index (χ1) is 23.7. The second kappa shape index (κ2) is 13.8. The third kappa shape index (κ3) is 8.84. The quantitative estimate of drug-likeness (QED) is 0.112. The Morgan fingerprint density at radius 1 is 0.960 bits per heavy atom. The Kier molecular flexibility index (Phi) is 9.67. The van der Waals surface area contributed by atoms with Gasteiger partial charge in [-0.25, -0.2) is 0 Å². The number of hydrogen-bond acceptors (Lipinski definition) is 10. The van der Waals surface area contributed by atoms with E-state index in [0.717, 1.165) is 30.6 Å². The summed E-state index contributed by atoms with van der Waals surface area (Å²) in [5.74, 6) is 0.246. The molecule has 0 saturated heterocycles. The van der Waals surface area contributed by atoms with Crippen molar-refractivity contribution in [2.24, 2.45) is 11.3 Å². The predicted molar refractivity (Wildman–Crippen MR) is 183 cm³/mol. The number of allylic oxidation sites excluding steroid dienone is 2. The van der Waals surface area contributed by atoms with Crippen LogP contribution in [-0.2, 0) is 10.3 Å². The molecule has 0 bridgehead atoms. The van der Waals surface area contributed by atoms with Gasteiger partial charge in [0.1, 0.15) is 5.70 Å². The lowest BCUT2D eigenvalue weighted by molar-refractivity contribution is -0.154. The fourth-order valence-corrected chi connectivity index (χ4v) is 5.44. The largest absolute Gasteiger partial charge is 0.454 e. The van der Waals surface area contributed by atoms with Gasteiger partial charge in [-0.1, -0.05) is 44.2 Å². The van der Waals surface area contributed by atoms with Crippen molar-refractivity contribution in [3.8, 4) is 6.01 Å². The number of ether oxygens (including phenoxy) is 1. The number of carbonyl (C=O) groups excluding carboxylic acids is 2. The van der Waals surface area contributed by atoms with Gasteiger partial charge >= 0.3 is 12.2 Å². The Bertz CT molecular complexity index is 1800. The Morgan fingerprint density at radius 3 is 2.28 bits per heavy atom. The molecule has 0 aliphatic heterocycles. The molecule has 15 heteroatoms. The van der Waals surface area contributed by atoms with Crippen LogP contribution in [0.4, 0.5) is 30.8 Å². The minimum absolute atomic E-state index is 0.0360. The molecule has 2 aromatic carbocycles. The third-order valence-electron chi connectivity index (χ3n) is 8.67. The average Bonchev–Trinajstić information content (AvgIpc) is 4.02. The minimum Gasteiger partial charge on any atom is -0.454 e. The molecule has 0 unspecified atom stereocenters. The van der Waals surface area contributed by atoms with Gasteiger partial charge in [-0.2, -0.15) is 28.1 Å². The Labute approximate surface area is 292 Å². The summed E-state index contributed by atoms with van der Waals surface area (Å²) in [7, 11) is 0. The second-order valence-corrected chi connectivity index (χ2v) is 14.1. The van der Waals surface area contributed by atoms with Gasteiger partial charge in [-0.05, 0) is 79.0 Å². The highest BCUT2D eigenvalue weighted by Gasteiger charge is 2.45. The van der Waals surface area contributed by atoms with E-state index < -0.39 is 24.3 Å². The third-order valence-corrected chi connectivity index (χ3v) is 8.92. The standard InChI is InChI=1S/C35H38ClF3N8O3/c1-20-26(40-16-21-4-5-21)27(28(20)48)41-17-33(2,3)18-42-29(49)22-6-12-25(13-7-22)43-30-44-31(46-32(45-30)50-19-35(37,38)39)47-34(14-15-34)23-8-10-24(36)11-9-23/h6-13,21,40-41H,1,4-5,14-19H2,2-3H3,(H,42,49)(H2,43,44,45,46,47). The summed E-state index contributed by atoms with van der Waals surface area (Å²) in [5.41, 5.74) is 2.72. The summed E-state index contributed by atoms with van der Waals surface area (Å²) in [5, 5.41) is 16.3. The number of hydrogen-bond donors (Lipinski definition) is 5. The lowest BCUT2D eigenvalue weighted by atomic mass is 9.89. The molecule has 0 atom stereocenters. The molecule has 2 saturated carbocycles. The highest BCUT2D eigenvalue weighted by atomic mass is 35.5. The van der Waals surface area contributed by atoms with Crippen LogP contribution in [0.3, 0.4) is 0 Å². The molecule has 5 N–H and O–H groups in total. The van der Waals surface area contributed by atoms with Crippen molar-refractivity contribution < 1.29 is 27.5 Å². The molecular formula is C35H38ClF3N8O3. The normalized spacial score (nSPS) is 16.8. The van der Waals surface area contributed by atoms with Crippen molar-refractivity contribution in [3.63, 3.8) is 0 Å². The number of aromatic nitrogens is 3. The van der Waals surface area contributed by atoms with Gasteiger partial charge < -0.3 is 31.3 Å². The van der Waals surface area contributed by atoms with Crippen LogP contribution in [0.2, 0.25) is 5.02 Å². The van der Waals surface area contributed by atoms with Crippen LogP contribution in [0, 0.1) is 11.3 Å². The number of benzene rings is 2. The van der Waals surface area contributed by atoms with E-state index >= 15 is 0 Å². The highest BCUT2D eigenvalue weighted by Crippen LogP contribution is 2.48. The predicted octanol–water partition coefficient (Wildman–Crippen LogP) is 6.01. The smallest absolute Gasteiger partial charge is 0.422 e. The van der Waals surface area contributed by atoms with Crippen LogP contribution in [-0.4, -0.2) is 59.1 Å². The first-order valence-corrected chi connectivity index (χ1v) is 16.7. The first-order valence-electron chi connectivity index (χ1n) is 16.3. The number of ketones is 1. The average molecular weight is 711 g/mol. The Hall–Kier alpha value is -4.85. The van der Waals surface area contributed by atoms with Gasteiger partial charge in [0, 0.05) is 41.5 Å². The van der Waals surface area contributed by atoms with E-state index in [1.807, 2.05) is 26.0 Å². The van der Waals surface area contributed by atoms with E-state index in [9.17, 15) is 22.8 Å². The summed E-state index contributed by atoms with van der Waals surface area (Å²) in [4.78, 5) is 37.8. The van der Waals surface area contributed by atoms with Gasteiger partial charge in [0.2, 0.25) is 17.7 Å². The maximum absolute atomic E-state index is 13.0. The van der Waals surface area contributed by atoms with E-state index in [4.69, 9.17) is 16.3 Å². The summed E-state index contributed by atoms with van der Waals surface area (Å²) >= 11 is 6.04. The summed E-state index contributed by atoms with van der Waals surface area (Å²) in [6, 6.07) is 13.2. The van der Waals surface area contributed by atoms with Gasteiger partial charge in [-0.15, -0.1) is 0 Å². The first kappa shape index (κ1) is 35.0. The number of rotatable bonds is 16. The fourth-order valence-electron chi connectivity index (χ4n) is 5.32. The number of Topliss-reactive ketones (excluding diaryl/α,β-unsaturated/α-hetero) is 1. The zero-order valence-corrected chi connectivity index (χ0v) is 28.4. The van der Waals surface area contributed by atoms with Gasteiger partial charge in [0.05, 0.1) is 11.2 Å². The molecule has 0 radical (unpaired) electrons. The molecule has 3 aliphatic carbocycles. The second-order valence-electron chi connectivity index (χ2n) is 13.7. The molecule has 1 aromatic heterocycles. The van der Waals surface area contributed by atoms with Crippen molar-refractivity contribution in [2.45, 2.75) is 51.2 Å². The monoisotopic (exact) mass is 710 g/mol. The minimum atomic E-state index is -4.59. The van der Waals surface area contributed by atoms with E-state index in [1.54, 1.807) is 36.4 Å². The molecule has 264 valence electrons. The van der Waals surface area contributed by atoms with Crippen LogP contribution in [0.1, 0.15) is 55.5 Å². The zero-order valence-electron chi connectivity index (χ0n) is 27.6. The van der Waals surface area contributed by atoms with Gasteiger partial charge in [0.15, 0.2) is 6.61 Å². The van der Waals surface area contributed by atoms with Crippen LogP contribution in [0.15, 0.2) is 72.1 Å². The SMILES string of the molecule is C=C1C(=O)C(NCC(C)(C)CNC(=O)c2ccc(Nc3nc(NC4(c5ccc(Cl)cc5)CC4)nc(OCC(F)(F)F)n3)cc2)=C1NCC1CC1. The molecule has 1 heterocycles. The van der Waals surface area contributed by atoms with Crippen LogP contribution in [0.5, 0.6) is 6.01 Å². The zero-order chi connectivity index (χ0) is 35.7. The number of amides is 1. The van der Waals surface area contributed by atoms with Gasteiger partial charge in [-0.3, -0.25) is 9.59 Å². The number of alkyl halides is 3. The van der Waals surface area contributed by atoms with Crippen molar-refractivity contribution in [2.75, 3.05) is 36.9 Å². The molecule has 1 amide bonds. The molecular weight excluding hydrogens is 673 g/mol. The number of nitrogens with zero attached hydrogens (tertiary/aromatic N) is 3. The lowest BCUT2D eigenvalue weighted by Crippen LogP contribution is -2.45. The number of carbonyl (C=O) groups is 2. The van der Waals surface area contributed by atoms with Crippen molar-refractivity contribution in [3.05, 3.63) is 88.2 Å². The highest BCUT2D eigenvalue weighted by molar-refractivity contribution is 6.30. The van der Waals surface area contributed by atoms with E-state index in [2.05, 4.69) is 48.1 Å². The van der Waals surface area contributed by atoms with E-state index in [-0.39, 0.29) is 29.0 Å². The van der Waals surface area contributed by atoms with E-state index in [1.165, 1.54) is 12.8 Å². The molecule has 6 rings (SSSR count). The number of anilines is 3. The van der Waals surface area contributed by atoms with Crippen LogP contribution in [0.25, 0.3) is 0 Å². The summed E-state index contributed by atoms with van der Waals surface area (Å²) in [6.45, 7) is 7.87. The topological polar surface area (TPSA) is 142 Å². The van der Waals surface area contributed by atoms with Crippen molar-refractivity contribution in [1.29, 1.82) is 0 Å². The lowest BCUT2D eigenvalue weighted by Gasteiger charge is -2.31. The van der Waals surface area contributed by atoms with Gasteiger partial charge in [0.25, 0.3) is 5.91 Å². The Morgan fingerprint density at radius 2 is 1.64 bits per heavy atom. The molecule has 50 heavy (non-hydrogen) atoms. The maximum atomic E-state index is 13.0. The van der Waals surface area contributed by atoms with Crippen molar-refractivity contribution in [1.82, 2.24) is 30.9 Å². The molecule has 2 fully saturated rings. The van der Waals surface area contributed by atoms with E-state index in [0.29, 0.717) is 46.6 Å². The molecule has 3 aliphatic rings. The Balaban J connectivity index is 1.07. The summed E-state index contributed by atoms with van der Waals surface area (Å²) in [6.07, 6.45) is -0.678. The van der Waals surface area contributed by atoms with Crippen molar-refractivity contribution >= 4 is 40.9 Å². The molecule has 0 spiro atoms.